The zero-order valence-corrected chi connectivity index (χ0v) is 19.3. The summed E-state index contributed by atoms with van der Waals surface area (Å²) < 4.78 is 12.7. The van der Waals surface area contributed by atoms with Crippen LogP contribution in [0.15, 0.2) is 41.7 Å². The van der Waals surface area contributed by atoms with Crippen molar-refractivity contribution in [2.45, 2.75) is 19.6 Å². The van der Waals surface area contributed by atoms with Crippen LogP contribution in [0.3, 0.4) is 0 Å². The first-order valence-electron chi connectivity index (χ1n) is 9.42. The molecule has 9 heteroatoms. The number of hydrogen-bond acceptors (Lipinski definition) is 5. The van der Waals surface area contributed by atoms with Crippen LogP contribution in [-0.4, -0.2) is 60.0 Å². The molecule has 1 saturated heterocycles. The number of halogens is 1. The van der Waals surface area contributed by atoms with Crippen molar-refractivity contribution in [3.05, 3.63) is 53.3 Å². The zero-order valence-electron chi connectivity index (χ0n) is 17.0. The van der Waals surface area contributed by atoms with Gasteiger partial charge in [-0.3, -0.25) is 9.67 Å². The number of aromatic nitrogens is 2. The Bertz CT molecular complexity index is 822. The van der Waals surface area contributed by atoms with E-state index in [0.29, 0.717) is 31.9 Å². The van der Waals surface area contributed by atoms with Crippen LogP contribution in [0.1, 0.15) is 34.5 Å². The number of ether oxygens (including phenoxy) is 2. The number of benzene rings is 1. The van der Waals surface area contributed by atoms with E-state index in [-0.39, 0.29) is 36.0 Å². The van der Waals surface area contributed by atoms with Gasteiger partial charge in [0.15, 0.2) is 5.96 Å². The third-order valence-electron chi connectivity index (χ3n) is 4.59. The predicted octanol–water partition coefficient (Wildman–Crippen LogP) is 2.36. The number of esters is 1. The average Bonchev–Trinajstić information content (AvgIpc) is 3.16. The minimum Gasteiger partial charge on any atom is -0.462 e. The van der Waals surface area contributed by atoms with Crippen molar-refractivity contribution in [2.75, 3.05) is 33.4 Å². The van der Waals surface area contributed by atoms with Crippen LogP contribution in [0.4, 0.5) is 0 Å². The summed E-state index contributed by atoms with van der Waals surface area (Å²) in [7, 11) is 3.68. The monoisotopic (exact) mass is 513 g/mol. The van der Waals surface area contributed by atoms with Crippen LogP contribution >= 0.6 is 24.0 Å². The lowest BCUT2D eigenvalue weighted by Crippen LogP contribution is -2.47. The number of aliphatic imine (C=N–C) groups is 1. The number of carbonyl (C=O) groups excluding carboxylic acids is 1. The van der Waals surface area contributed by atoms with E-state index in [0.717, 1.165) is 23.6 Å². The maximum atomic E-state index is 11.7. The number of morpholine rings is 1. The fourth-order valence-corrected chi connectivity index (χ4v) is 3.14. The molecule has 0 amide bonds. The van der Waals surface area contributed by atoms with Gasteiger partial charge in [-0.15, -0.1) is 24.0 Å². The molecular formula is C20H28IN5O3. The average molecular weight is 513 g/mol. The lowest BCUT2D eigenvalue weighted by atomic mass is 10.1. The van der Waals surface area contributed by atoms with Gasteiger partial charge in [0.05, 0.1) is 31.5 Å². The number of nitrogens with one attached hydrogen (secondary N) is 1. The molecule has 1 aromatic carbocycles. The van der Waals surface area contributed by atoms with Crippen molar-refractivity contribution in [1.29, 1.82) is 0 Å². The maximum Gasteiger partial charge on any atom is 0.338 e. The number of aryl methyl sites for hydroxylation is 1. The highest BCUT2D eigenvalue weighted by Gasteiger charge is 2.25. The van der Waals surface area contributed by atoms with Gasteiger partial charge in [0.25, 0.3) is 0 Å². The van der Waals surface area contributed by atoms with Crippen LogP contribution in [0.25, 0.3) is 0 Å². The third-order valence-corrected chi connectivity index (χ3v) is 4.59. The molecule has 0 spiro atoms. The second kappa shape index (κ2) is 11.1. The molecule has 2 aromatic rings. The van der Waals surface area contributed by atoms with E-state index in [1.807, 2.05) is 31.6 Å². The number of rotatable bonds is 5. The van der Waals surface area contributed by atoms with E-state index in [1.54, 1.807) is 30.8 Å². The minimum absolute atomic E-state index is 0. The number of guanidine groups is 1. The van der Waals surface area contributed by atoms with E-state index in [2.05, 4.69) is 20.3 Å². The van der Waals surface area contributed by atoms with Gasteiger partial charge in [0.1, 0.15) is 6.10 Å². The molecule has 0 radical (unpaired) electrons. The van der Waals surface area contributed by atoms with Gasteiger partial charge in [-0.2, -0.15) is 5.10 Å². The lowest BCUT2D eigenvalue weighted by molar-refractivity contribution is -0.00805. The summed E-state index contributed by atoms with van der Waals surface area (Å²) in [5.41, 5.74) is 2.69. The van der Waals surface area contributed by atoms with Crippen molar-refractivity contribution in [2.24, 2.45) is 12.0 Å². The molecule has 2 heterocycles. The Hall–Kier alpha value is -2.14. The summed E-state index contributed by atoms with van der Waals surface area (Å²) in [5.74, 6) is 0.527. The first-order valence-corrected chi connectivity index (χ1v) is 9.42. The first kappa shape index (κ1) is 23.1. The quantitative estimate of drug-likeness (QED) is 0.286. The Balaban J connectivity index is 0.00000300. The van der Waals surface area contributed by atoms with Gasteiger partial charge in [-0.25, -0.2) is 4.79 Å². The molecule has 1 atom stereocenters. The van der Waals surface area contributed by atoms with Gasteiger partial charge in [-0.1, -0.05) is 12.1 Å². The Morgan fingerprint density at radius 2 is 2.14 bits per heavy atom. The predicted molar refractivity (Wildman–Crippen MR) is 121 cm³/mol. The summed E-state index contributed by atoms with van der Waals surface area (Å²) in [4.78, 5) is 18.3. The fraction of sp³-hybridized carbons (Fsp3) is 0.450. The standard InChI is InChI=1S/C20H27N5O3.HI/c1-4-27-19(26)16-7-5-15(6-8-16)11-22-20(21-2)25-9-10-28-18(14-25)17-12-23-24(3)13-17;/h5-8,12-13,18H,4,9-11,14H2,1-3H3,(H,21,22);1H. The molecule has 158 valence electrons. The van der Waals surface area contributed by atoms with Gasteiger partial charge in [0.2, 0.25) is 0 Å². The van der Waals surface area contributed by atoms with Gasteiger partial charge in [0, 0.05) is 38.9 Å². The molecule has 29 heavy (non-hydrogen) atoms. The lowest BCUT2D eigenvalue weighted by Gasteiger charge is -2.34. The third kappa shape index (κ3) is 6.17. The summed E-state index contributed by atoms with van der Waals surface area (Å²) >= 11 is 0. The summed E-state index contributed by atoms with van der Waals surface area (Å²) in [5, 5.41) is 7.62. The molecule has 0 saturated carbocycles. The van der Waals surface area contributed by atoms with E-state index >= 15 is 0 Å². The number of hydrogen-bond donors (Lipinski definition) is 1. The molecule has 1 fully saturated rings. The Kier molecular flexibility index (Phi) is 8.90. The normalized spacial score (nSPS) is 16.9. The smallest absolute Gasteiger partial charge is 0.338 e. The topological polar surface area (TPSA) is 81.0 Å². The van der Waals surface area contributed by atoms with Crippen molar-refractivity contribution >= 4 is 35.9 Å². The van der Waals surface area contributed by atoms with Crippen LogP contribution < -0.4 is 5.32 Å². The summed E-state index contributed by atoms with van der Waals surface area (Å²) in [6, 6.07) is 7.41. The molecule has 8 nitrogen and oxygen atoms in total. The molecule has 1 aliphatic heterocycles. The minimum atomic E-state index is -0.299. The number of nitrogens with zero attached hydrogens (tertiary/aromatic N) is 4. The molecule has 0 bridgehead atoms. The number of carbonyl (C=O) groups is 1. The van der Waals surface area contributed by atoms with Gasteiger partial charge < -0.3 is 19.7 Å². The fourth-order valence-electron chi connectivity index (χ4n) is 3.14. The Labute approximate surface area is 188 Å². The second-order valence-electron chi connectivity index (χ2n) is 6.57. The molecule has 1 unspecified atom stereocenters. The highest BCUT2D eigenvalue weighted by molar-refractivity contribution is 14.0. The van der Waals surface area contributed by atoms with Crippen molar-refractivity contribution in [1.82, 2.24) is 20.0 Å². The SMILES string of the molecule is CCOC(=O)c1ccc(CNC(=NC)N2CCOC(c3cnn(C)c3)C2)cc1.I. The highest BCUT2D eigenvalue weighted by atomic mass is 127. The second-order valence-corrected chi connectivity index (χ2v) is 6.57. The highest BCUT2D eigenvalue weighted by Crippen LogP contribution is 2.21. The molecular weight excluding hydrogens is 485 g/mol. The van der Waals surface area contributed by atoms with Crippen LogP contribution in [0.2, 0.25) is 0 Å². The van der Waals surface area contributed by atoms with Crippen LogP contribution in [0, 0.1) is 0 Å². The van der Waals surface area contributed by atoms with Gasteiger partial charge in [-0.05, 0) is 24.6 Å². The summed E-state index contributed by atoms with van der Waals surface area (Å²) in [6.07, 6.45) is 3.80. The molecule has 1 N–H and O–H groups in total. The maximum absolute atomic E-state index is 11.7. The molecule has 1 aromatic heterocycles. The van der Waals surface area contributed by atoms with E-state index in [4.69, 9.17) is 9.47 Å². The molecule has 3 rings (SSSR count). The summed E-state index contributed by atoms with van der Waals surface area (Å²) in [6.45, 7) is 4.91. The van der Waals surface area contributed by atoms with E-state index in [9.17, 15) is 4.79 Å². The molecule has 1 aliphatic rings. The van der Waals surface area contributed by atoms with E-state index < -0.39 is 0 Å². The van der Waals surface area contributed by atoms with Crippen LogP contribution in [-0.2, 0) is 23.1 Å². The van der Waals surface area contributed by atoms with Crippen molar-refractivity contribution in [3.8, 4) is 0 Å². The van der Waals surface area contributed by atoms with Crippen molar-refractivity contribution in [3.63, 3.8) is 0 Å². The largest absolute Gasteiger partial charge is 0.462 e. The Morgan fingerprint density at radius 1 is 1.38 bits per heavy atom. The zero-order chi connectivity index (χ0) is 19.9. The Morgan fingerprint density at radius 3 is 2.76 bits per heavy atom. The van der Waals surface area contributed by atoms with Crippen molar-refractivity contribution < 1.29 is 14.3 Å². The van der Waals surface area contributed by atoms with Crippen LogP contribution in [0.5, 0.6) is 0 Å². The van der Waals surface area contributed by atoms with E-state index in [1.165, 1.54) is 0 Å². The van der Waals surface area contributed by atoms with Gasteiger partial charge >= 0.3 is 5.97 Å². The first-order chi connectivity index (χ1) is 13.6. The molecule has 0 aliphatic carbocycles.